The fourth-order valence-electron chi connectivity index (χ4n) is 4.20. The Morgan fingerprint density at radius 1 is 1.06 bits per heavy atom. The van der Waals surface area contributed by atoms with Crippen LogP contribution in [0.5, 0.6) is 0 Å². The minimum Gasteiger partial charge on any atom is -0.383 e. The predicted molar refractivity (Wildman–Crippen MR) is 141 cm³/mol. The van der Waals surface area contributed by atoms with Crippen LogP contribution in [0, 0.1) is 0 Å². The maximum absolute atomic E-state index is 12.8. The second kappa shape index (κ2) is 10.3. The van der Waals surface area contributed by atoms with Crippen molar-refractivity contribution in [3.05, 3.63) is 83.1 Å². The molecule has 35 heavy (non-hydrogen) atoms. The molecule has 0 bridgehead atoms. The molecule has 1 saturated heterocycles. The number of hydrogen-bond acceptors (Lipinski definition) is 7. The van der Waals surface area contributed by atoms with Gasteiger partial charge in [0, 0.05) is 54.2 Å². The summed E-state index contributed by atoms with van der Waals surface area (Å²) in [5.41, 5.74) is 9.52. The molecule has 4 aromatic rings. The molecule has 1 aliphatic rings. The fraction of sp³-hybridized carbons (Fsp3) is 0.222. The van der Waals surface area contributed by atoms with Gasteiger partial charge in [-0.2, -0.15) is 0 Å². The summed E-state index contributed by atoms with van der Waals surface area (Å²) in [5, 5.41) is 5.57. The minimum atomic E-state index is -0.00449. The monoisotopic (exact) mass is 487 g/mol. The van der Waals surface area contributed by atoms with Gasteiger partial charge in [0.2, 0.25) is 0 Å². The first kappa shape index (κ1) is 23.1. The molecule has 0 atom stereocenters. The Kier molecular flexibility index (Phi) is 6.79. The average molecular weight is 488 g/mol. The summed E-state index contributed by atoms with van der Waals surface area (Å²) in [6.45, 7) is 3.28. The molecule has 1 fully saturated rings. The number of nitrogens with zero attached hydrogens (tertiary/aromatic N) is 3. The number of rotatable bonds is 7. The van der Waals surface area contributed by atoms with Gasteiger partial charge in [-0.25, -0.2) is 9.97 Å². The fourth-order valence-corrected chi connectivity index (χ4v) is 4.42. The molecule has 1 aliphatic heterocycles. The summed E-state index contributed by atoms with van der Waals surface area (Å²) in [6.07, 6.45) is 4.24. The Morgan fingerprint density at radius 3 is 2.63 bits per heavy atom. The van der Waals surface area contributed by atoms with Gasteiger partial charge in [0.05, 0.1) is 18.2 Å². The van der Waals surface area contributed by atoms with E-state index in [2.05, 4.69) is 32.3 Å². The molecule has 7 nitrogen and oxygen atoms in total. The van der Waals surface area contributed by atoms with Gasteiger partial charge in [-0.15, -0.1) is 0 Å². The number of benzene rings is 2. The second-order valence-electron chi connectivity index (χ2n) is 8.50. The van der Waals surface area contributed by atoms with Gasteiger partial charge in [0.1, 0.15) is 11.6 Å². The summed E-state index contributed by atoms with van der Waals surface area (Å²) in [4.78, 5) is 23.6. The lowest BCUT2D eigenvalue weighted by atomic mass is 10.0. The number of nitrogens with two attached hydrogens (primary N) is 1. The van der Waals surface area contributed by atoms with Gasteiger partial charge in [-0.05, 0) is 53.8 Å². The van der Waals surface area contributed by atoms with Crippen LogP contribution in [0.4, 0.5) is 23.0 Å². The first-order valence-electron chi connectivity index (χ1n) is 11.6. The van der Waals surface area contributed by atoms with Crippen LogP contribution in [0.2, 0.25) is 5.02 Å². The summed E-state index contributed by atoms with van der Waals surface area (Å²) < 4.78 is 5.41. The highest BCUT2D eigenvalue weighted by atomic mass is 35.5. The summed E-state index contributed by atoms with van der Waals surface area (Å²) >= 11 is 6.46. The van der Waals surface area contributed by atoms with Crippen LogP contribution in [0.1, 0.15) is 22.3 Å². The van der Waals surface area contributed by atoms with Crippen LogP contribution in [-0.4, -0.2) is 42.1 Å². The smallest absolute Gasteiger partial charge is 0.164 e. The van der Waals surface area contributed by atoms with E-state index in [1.807, 2.05) is 36.4 Å². The zero-order valence-corrected chi connectivity index (χ0v) is 20.0. The first-order valence-corrected chi connectivity index (χ1v) is 12.0. The minimum absolute atomic E-state index is 0.00449. The van der Waals surface area contributed by atoms with Crippen molar-refractivity contribution in [2.75, 3.05) is 42.3 Å². The molecule has 2 aromatic heterocycles. The number of carbonyl (C=O) groups is 1. The summed E-state index contributed by atoms with van der Waals surface area (Å²) in [6, 6.07) is 17.7. The van der Waals surface area contributed by atoms with Gasteiger partial charge >= 0.3 is 0 Å². The number of anilines is 4. The number of pyridine rings is 2. The van der Waals surface area contributed by atoms with E-state index in [1.165, 1.54) is 0 Å². The number of aromatic nitrogens is 2. The molecule has 8 heteroatoms. The van der Waals surface area contributed by atoms with Crippen molar-refractivity contribution in [2.45, 2.75) is 12.8 Å². The molecular formula is C27H26ClN5O2. The highest BCUT2D eigenvalue weighted by Crippen LogP contribution is 2.27. The molecular weight excluding hydrogens is 462 g/mol. The van der Waals surface area contributed by atoms with E-state index >= 15 is 0 Å². The van der Waals surface area contributed by atoms with Crippen molar-refractivity contribution in [1.29, 1.82) is 0 Å². The molecule has 2 aromatic carbocycles. The van der Waals surface area contributed by atoms with Crippen LogP contribution in [0.3, 0.4) is 0 Å². The first-order chi connectivity index (χ1) is 17.1. The molecule has 0 amide bonds. The van der Waals surface area contributed by atoms with Crippen molar-refractivity contribution in [2.24, 2.45) is 0 Å². The Morgan fingerprint density at radius 2 is 1.86 bits per heavy atom. The highest BCUT2D eigenvalue weighted by Gasteiger charge is 2.13. The number of morpholine rings is 1. The van der Waals surface area contributed by atoms with Gasteiger partial charge in [-0.3, -0.25) is 4.79 Å². The van der Waals surface area contributed by atoms with Crippen LogP contribution < -0.4 is 16.0 Å². The Hall–Kier alpha value is -3.68. The van der Waals surface area contributed by atoms with E-state index < -0.39 is 0 Å². The number of ether oxygens (including phenoxy) is 1. The number of halogens is 1. The molecule has 5 rings (SSSR count). The van der Waals surface area contributed by atoms with Gasteiger partial charge in [0.25, 0.3) is 0 Å². The molecule has 3 heterocycles. The Bertz CT molecular complexity index is 1350. The molecule has 0 saturated carbocycles. The standard InChI is InChI=1S/C27H26ClN5O2/c28-24-16-20(25(34)8-2-18-1-7-23-19(15-18)9-10-30-26(23)29)17-31-27(24)32-21-3-5-22(6-4-21)33-11-13-35-14-12-33/h1,3-7,9-10,15-17H,2,8,11-14H2,(H2,29,30)(H,31,32). The van der Waals surface area contributed by atoms with E-state index in [0.717, 1.165) is 54.0 Å². The van der Waals surface area contributed by atoms with Crippen molar-refractivity contribution in [1.82, 2.24) is 9.97 Å². The van der Waals surface area contributed by atoms with E-state index in [-0.39, 0.29) is 5.78 Å². The van der Waals surface area contributed by atoms with Gasteiger partial charge < -0.3 is 20.7 Å². The van der Waals surface area contributed by atoms with E-state index in [4.69, 9.17) is 22.1 Å². The number of ketones is 1. The van der Waals surface area contributed by atoms with Crippen LogP contribution >= 0.6 is 11.6 Å². The van der Waals surface area contributed by atoms with Crippen molar-refractivity contribution < 1.29 is 9.53 Å². The van der Waals surface area contributed by atoms with Crippen molar-refractivity contribution in [3.63, 3.8) is 0 Å². The number of fused-ring (bicyclic) bond motifs is 1. The zero-order chi connectivity index (χ0) is 24.2. The number of aryl methyl sites for hydroxylation is 1. The number of nitrogen functional groups attached to an aromatic ring is 1. The topological polar surface area (TPSA) is 93.4 Å². The molecule has 3 N–H and O–H groups in total. The van der Waals surface area contributed by atoms with E-state index in [1.54, 1.807) is 18.5 Å². The average Bonchev–Trinajstić information content (AvgIpc) is 2.89. The third-order valence-electron chi connectivity index (χ3n) is 6.17. The van der Waals surface area contributed by atoms with Crippen LogP contribution in [-0.2, 0) is 11.2 Å². The van der Waals surface area contributed by atoms with E-state index in [0.29, 0.717) is 35.1 Å². The van der Waals surface area contributed by atoms with Gasteiger partial charge in [0.15, 0.2) is 5.78 Å². The van der Waals surface area contributed by atoms with Gasteiger partial charge in [-0.1, -0.05) is 29.8 Å². The largest absolute Gasteiger partial charge is 0.383 e. The quantitative estimate of drug-likeness (QED) is 0.343. The Labute approximate surface area is 208 Å². The number of Topliss-reactive ketones (excluding diaryl/α,β-unsaturated/α-hetero) is 1. The van der Waals surface area contributed by atoms with Crippen LogP contribution in [0.15, 0.2) is 67.0 Å². The lowest BCUT2D eigenvalue weighted by Gasteiger charge is -2.28. The summed E-state index contributed by atoms with van der Waals surface area (Å²) in [7, 11) is 0. The van der Waals surface area contributed by atoms with Crippen molar-refractivity contribution >= 4 is 51.2 Å². The lowest BCUT2D eigenvalue weighted by molar-refractivity contribution is 0.0982. The number of nitrogens with one attached hydrogen (secondary N) is 1. The Balaban J connectivity index is 1.21. The normalized spacial score (nSPS) is 13.7. The molecule has 0 radical (unpaired) electrons. The van der Waals surface area contributed by atoms with Crippen molar-refractivity contribution in [3.8, 4) is 0 Å². The third kappa shape index (κ3) is 5.37. The third-order valence-corrected chi connectivity index (χ3v) is 6.46. The maximum Gasteiger partial charge on any atom is 0.164 e. The molecule has 0 spiro atoms. The SMILES string of the molecule is Nc1nccc2cc(CCC(=O)c3cnc(Nc4ccc(N5CCOCC5)cc4)c(Cl)c3)ccc12. The predicted octanol–water partition coefficient (Wildman–Crippen LogP) is 5.26. The maximum atomic E-state index is 12.8. The number of carbonyl (C=O) groups excluding carboxylic acids is 1. The lowest BCUT2D eigenvalue weighted by Crippen LogP contribution is -2.36. The van der Waals surface area contributed by atoms with E-state index in [9.17, 15) is 4.79 Å². The molecule has 0 unspecified atom stereocenters. The zero-order valence-electron chi connectivity index (χ0n) is 19.2. The summed E-state index contributed by atoms with van der Waals surface area (Å²) in [5.74, 6) is 1.02. The molecule has 0 aliphatic carbocycles. The highest BCUT2D eigenvalue weighted by molar-refractivity contribution is 6.33. The molecule has 178 valence electrons. The van der Waals surface area contributed by atoms with Crippen LogP contribution in [0.25, 0.3) is 10.8 Å². The number of hydrogen-bond donors (Lipinski definition) is 2. The second-order valence-corrected chi connectivity index (χ2v) is 8.91.